The van der Waals surface area contributed by atoms with E-state index in [9.17, 15) is 18.8 Å². The summed E-state index contributed by atoms with van der Waals surface area (Å²) in [6.45, 7) is 6.39. The van der Waals surface area contributed by atoms with E-state index >= 15 is 0 Å². The Kier molecular flexibility index (Phi) is 9.69. The maximum atomic E-state index is 13.6. The monoisotopic (exact) mass is 592 g/mol. The van der Waals surface area contributed by atoms with Crippen molar-refractivity contribution in [3.8, 4) is 0 Å². The number of aryl methyl sites for hydroxylation is 1. The Balaban J connectivity index is 1.33. The zero-order valence-electron chi connectivity index (χ0n) is 25.1. The van der Waals surface area contributed by atoms with Crippen molar-refractivity contribution in [3.63, 3.8) is 0 Å². The van der Waals surface area contributed by atoms with Crippen LogP contribution in [-0.2, 0) is 11.3 Å². The largest absolute Gasteiger partial charge is 0.367 e. The summed E-state index contributed by atoms with van der Waals surface area (Å²) in [5.74, 6) is -1.00. The van der Waals surface area contributed by atoms with E-state index in [1.54, 1.807) is 36.4 Å². The molecule has 1 atom stereocenters. The summed E-state index contributed by atoms with van der Waals surface area (Å²) in [5, 5.41) is 5.84. The number of carbonyl (C=O) groups is 3. The number of hydrogen-bond donors (Lipinski definition) is 2. The molecule has 1 fully saturated rings. The second-order valence-electron chi connectivity index (χ2n) is 11.0. The predicted octanol–water partition coefficient (Wildman–Crippen LogP) is 6.16. The maximum Gasteiger partial charge on any atom is 0.255 e. The smallest absolute Gasteiger partial charge is 0.255 e. The van der Waals surface area contributed by atoms with Gasteiger partial charge in [-0.3, -0.25) is 14.4 Å². The summed E-state index contributed by atoms with van der Waals surface area (Å²) < 4.78 is 13.4. The second kappa shape index (κ2) is 14.0. The number of anilines is 2. The predicted molar refractivity (Wildman–Crippen MR) is 171 cm³/mol. The van der Waals surface area contributed by atoms with Gasteiger partial charge in [0.05, 0.1) is 11.5 Å². The summed E-state index contributed by atoms with van der Waals surface area (Å²) in [7, 11) is 0. The van der Waals surface area contributed by atoms with Gasteiger partial charge in [-0.25, -0.2) is 4.39 Å². The molecule has 0 saturated carbocycles. The minimum Gasteiger partial charge on any atom is -0.367 e. The summed E-state index contributed by atoms with van der Waals surface area (Å²) in [4.78, 5) is 43.9. The number of benzene rings is 4. The fourth-order valence-corrected chi connectivity index (χ4v) is 5.49. The number of nitrogens with one attached hydrogen (secondary N) is 2. The average Bonchev–Trinajstić information content (AvgIpc) is 3.05. The first-order chi connectivity index (χ1) is 21.3. The molecule has 1 aliphatic rings. The lowest BCUT2D eigenvalue weighted by atomic mass is 9.94. The van der Waals surface area contributed by atoms with Crippen molar-refractivity contribution in [2.24, 2.45) is 0 Å². The molecule has 0 radical (unpaired) electrons. The molecule has 0 unspecified atom stereocenters. The van der Waals surface area contributed by atoms with Crippen molar-refractivity contribution in [1.82, 2.24) is 10.2 Å². The van der Waals surface area contributed by atoms with Gasteiger partial charge in [0.2, 0.25) is 5.91 Å². The van der Waals surface area contributed by atoms with Gasteiger partial charge in [-0.1, -0.05) is 67.1 Å². The van der Waals surface area contributed by atoms with Gasteiger partial charge in [0, 0.05) is 49.7 Å². The van der Waals surface area contributed by atoms with Gasteiger partial charge in [0.25, 0.3) is 11.8 Å². The quantitative estimate of drug-likeness (QED) is 0.244. The third-order valence-electron chi connectivity index (χ3n) is 8.02. The molecule has 0 aliphatic carbocycles. The third kappa shape index (κ3) is 7.32. The standard InChI is InChI=1S/C36H37FN4O3/c1-3-31(27-7-5-4-6-8-27)36(44)41-21-19-40(20-22-41)33-18-17-30(39-34(42)28-13-9-25(2)10-14-28)23-32(33)35(43)38-24-26-11-15-29(37)16-12-26/h4-18,23,31H,3,19-22,24H2,1-2H3,(H,38,43)(H,39,42)/t31-/m1/s1. The number of rotatable bonds is 9. The minimum atomic E-state index is -0.342. The highest BCUT2D eigenvalue weighted by Gasteiger charge is 2.29. The number of amides is 3. The zero-order chi connectivity index (χ0) is 31.1. The highest BCUT2D eigenvalue weighted by Crippen LogP contribution is 2.28. The van der Waals surface area contributed by atoms with Crippen LogP contribution in [0.3, 0.4) is 0 Å². The van der Waals surface area contributed by atoms with Crippen LogP contribution in [0, 0.1) is 12.7 Å². The van der Waals surface area contributed by atoms with Crippen LogP contribution < -0.4 is 15.5 Å². The molecule has 7 nitrogen and oxygen atoms in total. The molecule has 4 aromatic carbocycles. The fourth-order valence-electron chi connectivity index (χ4n) is 5.49. The SMILES string of the molecule is CC[C@@H](C(=O)N1CCN(c2ccc(NC(=O)c3ccc(C)cc3)cc2C(=O)NCc2ccc(F)cc2)CC1)c1ccccc1. The summed E-state index contributed by atoms with van der Waals surface area (Å²) in [5.41, 5.74) is 4.98. The van der Waals surface area contributed by atoms with Gasteiger partial charge in [-0.2, -0.15) is 0 Å². The Bertz CT molecular complexity index is 1600. The van der Waals surface area contributed by atoms with Crippen LogP contribution in [0.15, 0.2) is 97.1 Å². The fraction of sp³-hybridized carbons (Fsp3) is 0.250. The van der Waals surface area contributed by atoms with Crippen LogP contribution in [0.4, 0.5) is 15.8 Å². The lowest BCUT2D eigenvalue weighted by Crippen LogP contribution is -2.50. The molecular formula is C36H37FN4O3. The summed E-state index contributed by atoms with van der Waals surface area (Å²) >= 11 is 0. The van der Waals surface area contributed by atoms with Gasteiger partial charge in [0.1, 0.15) is 5.82 Å². The van der Waals surface area contributed by atoms with E-state index in [-0.39, 0.29) is 36.0 Å². The number of carbonyl (C=O) groups excluding carboxylic acids is 3. The molecule has 5 rings (SSSR count). The summed E-state index contributed by atoms with van der Waals surface area (Å²) in [6.07, 6.45) is 0.719. The molecule has 8 heteroatoms. The van der Waals surface area contributed by atoms with Gasteiger partial charge >= 0.3 is 0 Å². The minimum absolute atomic E-state index is 0.116. The number of halogens is 1. The highest BCUT2D eigenvalue weighted by molar-refractivity contribution is 6.06. The first kappa shape index (κ1) is 30.5. The Labute approximate surface area is 257 Å². The molecule has 44 heavy (non-hydrogen) atoms. The molecule has 1 heterocycles. The Morgan fingerprint density at radius 1 is 0.818 bits per heavy atom. The molecule has 0 aromatic heterocycles. The van der Waals surface area contributed by atoms with Crippen LogP contribution in [0.2, 0.25) is 0 Å². The van der Waals surface area contributed by atoms with Crippen molar-refractivity contribution in [3.05, 3.63) is 131 Å². The van der Waals surface area contributed by atoms with Crippen LogP contribution in [0.5, 0.6) is 0 Å². The van der Waals surface area contributed by atoms with E-state index in [2.05, 4.69) is 15.5 Å². The van der Waals surface area contributed by atoms with E-state index in [1.807, 2.05) is 67.3 Å². The van der Waals surface area contributed by atoms with Crippen molar-refractivity contribution >= 4 is 29.1 Å². The maximum absolute atomic E-state index is 13.6. The van der Waals surface area contributed by atoms with Crippen LogP contribution in [0.25, 0.3) is 0 Å². The van der Waals surface area contributed by atoms with Crippen molar-refractivity contribution in [1.29, 1.82) is 0 Å². The molecule has 0 bridgehead atoms. The first-order valence-electron chi connectivity index (χ1n) is 15.0. The molecule has 1 aliphatic heterocycles. The Morgan fingerprint density at radius 3 is 2.16 bits per heavy atom. The molecule has 2 N–H and O–H groups in total. The van der Waals surface area contributed by atoms with Gasteiger partial charge < -0.3 is 20.4 Å². The summed E-state index contributed by atoms with van der Waals surface area (Å²) in [6, 6.07) is 28.4. The first-order valence-corrected chi connectivity index (χ1v) is 15.0. The molecule has 3 amide bonds. The van der Waals surface area contributed by atoms with Crippen molar-refractivity contribution in [2.75, 3.05) is 36.4 Å². The number of nitrogens with zero attached hydrogens (tertiary/aromatic N) is 2. The third-order valence-corrected chi connectivity index (χ3v) is 8.02. The van der Waals surface area contributed by atoms with Gasteiger partial charge in [0.15, 0.2) is 0 Å². The van der Waals surface area contributed by atoms with Gasteiger partial charge in [-0.15, -0.1) is 0 Å². The van der Waals surface area contributed by atoms with E-state index < -0.39 is 0 Å². The highest BCUT2D eigenvalue weighted by atomic mass is 19.1. The van der Waals surface area contributed by atoms with Crippen LogP contribution in [0.1, 0.15) is 56.7 Å². The molecule has 1 saturated heterocycles. The normalized spacial score (nSPS) is 13.7. The van der Waals surface area contributed by atoms with E-state index in [0.717, 1.165) is 28.8 Å². The lowest BCUT2D eigenvalue weighted by Gasteiger charge is -2.38. The average molecular weight is 593 g/mol. The lowest BCUT2D eigenvalue weighted by molar-refractivity contribution is -0.133. The number of piperazine rings is 1. The van der Waals surface area contributed by atoms with E-state index in [4.69, 9.17) is 0 Å². The van der Waals surface area contributed by atoms with Crippen molar-refractivity contribution < 1.29 is 18.8 Å². The van der Waals surface area contributed by atoms with Crippen LogP contribution in [-0.4, -0.2) is 48.8 Å². The van der Waals surface area contributed by atoms with E-state index in [0.29, 0.717) is 43.0 Å². The number of hydrogen-bond acceptors (Lipinski definition) is 4. The van der Waals surface area contributed by atoms with Gasteiger partial charge in [-0.05, 0) is 66.9 Å². The second-order valence-corrected chi connectivity index (χ2v) is 11.0. The Hall–Kier alpha value is -4.98. The molecule has 0 spiro atoms. The molecule has 4 aromatic rings. The topological polar surface area (TPSA) is 81.8 Å². The Morgan fingerprint density at radius 2 is 1.50 bits per heavy atom. The zero-order valence-corrected chi connectivity index (χ0v) is 25.1. The molecular weight excluding hydrogens is 555 g/mol. The van der Waals surface area contributed by atoms with Crippen LogP contribution >= 0.6 is 0 Å². The molecule has 226 valence electrons. The van der Waals surface area contributed by atoms with Crippen molar-refractivity contribution in [2.45, 2.75) is 32.7 Å². The van der Waals surface area contributed by atoms with E-state index in [1.165, 1.54) is 12.1 Å².